The Hall–Kier alpha value is -1.24. The molecule has 0 amide bonds. The van der Waals surface area contributed by atoms with Crippen LogP contribution in [-0.4, -0.2) is 47.1 Å². The number of ether oxygens (including phenoxy) is 1. The second kappa shape index (κ2) is 11.6. The highest BCUT2D eigenvalue weighted by Crippen LogP contribution is 2.20. The lowest BCUT2D eigenvalue weighted by Gasteiger charge is -2.22. The second-order valence-corrected chi connectivity index (χ2v) is 5.42. The maximum atomic E-state index is 11.3. The van der Waals surface area contributed by atoms with E-state index >= 15 is 0 Å². The monoisotopic (exact) mass is 292 g/mol. The summed E-state index contributed by atoms with van der Waals surface area (Å²) in [5.41, 5.74) is -1.73. The number of esters is 2. The fourth-order valence-corrected chi connectivity index (χ4v) is 0.440. The van der Waals surface area contributed by atoms with Gasteiger partial charge < -0.3 is 20.1 Å². The number of carbonyl (C=O) groups excluding carboxylic acids is 2. The molecule has 0 radical (unpaired) electrons. The first-order valence-corrected chi connectivity index (χ1v) is 6.12. The van der Waals surface area contributed by atoms with Crippen molar-refractivity contribution in [2.45, 2.75) is 34.6 Å². The zero-order valence-electron chi connectivity index (χ0n) is 13.1. The number of rotatable bonds is 3. The molecule has 0 aliphatic rings. The highest BCUT2D eigenvalue weighted by atomic mass is 16.6. The van der Waals surface area contributed by atoms with Crippen molar-refractivity contribution < 1.29 is 29.6 Å². The summed E-state index contributed by atoms with van der Waals surface area (Å²) in [4.78, 5) is 22.7. The van der Waals surface area contributed by atoms with E-state index in [0.29, 0.717) is 0 Å². The third-order valence-corrected chi connectivity index (χ3v) is 1.85. The predicted molar refractivity (Wildman–Crippen MR) is 76.8 cm³/mol. The molecule has 0 bridgehead atoms. The molecule has 0 aromatic carbocycles. The van der Waals surface area contributed by atoms with Crippen molar-refractivity contribution in [1.29, 1.82) is 0 Å². The molecule has 0 unspecified atom stereocenters. The first-order valence-electron chi connectivity index (χ1n) is 6.12. The first kappa shape index (κ1) is 23.8. The van der Waals surface area contributed by atoms with Crippen LogP contribution in [0, 0.1) is 10.8 Å². The Balaban J connectivity index is -0.000000410. The van der Waals surface area contributed by atoms with Crippen molar-refractivity contribution >= 4 is 11.9 Å². The molecule has 6 heteroatoms. The van der Waals surface area contributed by atoms with Crippen LogP contribution in [0.2, 0.25) is 0 Å². The smallest absolute Gasteiger partial charge is 0.321 e. The van der Waals surface area contributed by atoms with Crippen molar-refractivity contribution in [3.05, 3.63) is 13.2 Å². The number of carbonyl (C=O) groups is 2. The zero-order valence-corrected chi connectivity index (χ0v) is 13.1. The lowest BCUT2D eigenvalue weighted by atomic mass is 9.94. The molecular weight excluding hydrogens is 264 g/mol. The van der Waals surface area contributed by atoms with Crippen LogP contribution in [-0.2, 0) is 14.3 Å². The molecule has 0 fully saturated rings. The Bertz CT molecular complexity index is 276. The van der Waals surface area contributed by atoms with Crippen molar-refractivity contribution in [1.82, 2.24) is 0 Å². The minimum atomic E-state index is -1.03. The fraction of sp³-hybridized carbons (Fsp3) is 0.714. The highest BCUT2D eigenvalue weighted by molar-refractivity contribution is 5.90. The quantitative estimate of drug-likeness (QED) is 0.405. The van der Waals surface area contributed by atoms with E-state index in [2.05, 4.69) is 17.9 Å². The van der Waals surface area contributed by atoms with Gasteiger partial charge in [-0.25, -0.2) is 0 Å². The van der Waals surface area contributed by atoms with E-state index in [9.17, 15) is 9.59 Å². The summed E-state index contributed by atoms with van der Waals surface area (Å²) in [5, 5.41) is 24.1. The summed E-state index contributed by atoms with van der Waals surface area (Å²) in [6.45, 7) is 13.4. The van der Waals surface area contributed by atoms with Gasteiger partial charge in [0.1, 0.15) is 0 Å². The molecular formula is C14H28O6. The molecule has 0 spiro atoms. The summed E-state index contributed by atoms with van der Waals surface area (Å²) < 4.78 is 4.63. The van der Waals surface area contributed by atoms with Gasteiger partial charge in [-0.15, -0.1) is 13.2 Å². The van der Waals surface area contributed by atoms with E-state index in [4.69, 9.17) is 15.3 Å². The minimum absolute atomic E-state index is 0.125. The Morgan fingerprint density at radius 3 is 1.45 bits per heavy atom. The average molecular weight is 292 g/mol. The van der Waals surface area contributed by atoms with Crippen molar-refractivity contribution in [3.8, 4) is 0 Å². The van der Waals surface area contributed by atoms with Crippen LogP contribution in [0.4, 0.5) is 0 Å². The van der Waals surface area contributed by atoms with E-state index in [1.54, 1.807) is 20.8 Å². The summed E-state index contributed by atoms with van der Waals surface area (Å²) in [5.74, 6) is -1.27. The number of aliphatic hydroxyl groups excluding tert-OH is 3. The fourth-order valence-electron chi connectivity index (χ4n) is 0.440. The van der Waals surface area contributed by atoms with E-state index in [1.807, 2.05) is 0 Å². The first-order chi connectivity index (χ1) is 9.02. The van der Waals surface area contributed by atoms with Gasteiger partial charge in [0.15, 0.2) is 0 Å². The average Bonchev–Trinajstić information content (AvgIpc) is 2.40. The summed E-state index contributed by atoms with van der Waals surface area (Å²) in [6, 6.07) is 0. The Morgan fingerprint density at radius 2 is 1.25 bits per heavy atom. The van der Waals surface area contributed by atoms with Gasteiger partial charge >= 0.3 is 11.9 Å². The molecule has 120 valence electrons. The van der Waals surface area contributed by atoms with Crippen LogP contribution in [0.3, 0.4) is 0 Å². The van der Waals surface area contributed by atoms with Gasteiger partial charge in [0.25, 0.3) is 0 Å². The zero-order chi connectivity index (χ0) is 17.0. The van der Waals surface area contributed by atoms with Crippen molar-refractivity contribution in [2.24, 2.45) is 10.8 Å². The Kier molecular flexibility index (Phi) is 13.8. The minimum Gasteiger partial charge on any atom is -0.395 e. The van der Waals surface area contributed by atoms with Gasteiger partial charge in [0.2, 0.25) is 0 Å². The van der Waals surface area contributed by atoms with Crippen LogP contribution in [0.15, 0.2) is 13.2 Å². The molecule has 6 nitrogen and oxygen atoms in total. The normalized spacial score (nSPS) is 10.4. The van der Waals surface area contributed by atoms with Crippen LogP contribution in [0.1, 0.15) is 34.6 Å². The number of hydrogen-bond acceptors (Lipinski definition) is 6. The van der Waals surface area contributed by atoms with Gasteiger partial charge in [-0.2, -0.15) is 0 Å². The molecule has 3 N–H and O–H groups in total. The second-order valence-electron chi connectivity index (χ2n) is 5.42. The van der Waals surface area contributed by atoms with Crippen LogP contribution in [0.25, 0.3) is 0 Å². The summed E-state index contributed by atoms with van der Waals surface area (Å²) in [6.07, 6.45) is 0. The Labute approximate surface area is 121 Å². The lowest BCUT2D eigenvalue weighted by Crippen LogP contribution is -2.35. The number of hydrogen-bond donors (Lipinski definition) is 3. The molecule has 0 saturated carbocycles. The molecule has 0 aliphatic heterocycles. The van der Waals surface area contributed by atoms with Gasteiger partial charge in [-0.1, -0.05) is 0 Å². The highest BCUT2D eigenvalue weighted by Gasteiger charge is 2.34. The van der Waals surface area contributed by atoms with Gasteiger partial charge in [-0.3, -0.25) is 9.59 Å². The Morgan fingerprint density at radius 1 is 0.900 bits per heavy atom. The van der Waals surface area contributed by atoms with Crippen LogP contribution < -0.4 is 0 Å². The lowest BCUT2D eigenvalue weighted by molar-refractivity contribution is -0.172. The largest absolute Gasteiger partial charge is 0.395 e. The molecule has 0 heterocycles. The molecule has 0 aliphatic carbocycles. The van der Waals surface area contributed by atoms with Crippen LogP contribution >= 0.6 is 0 Å². The SMILES string of the molecule is C=C.CC(C)(C)C(=O)OC(=O)C(C)(C)CO.OCCO. The van der Waals surface area contributed by atoms with E-state index < -0.39 is 22.8 Å². The molecule has 0 atom stereocenters. The molecule has 0 rings (SSSR count). The number of aliphatic hydroxyl groups is 3. The molecule has 0 aromatic heterocycles. The third-order valence-electron chi connectivity index (χ3n) is 1.85. The van der Waals surface area contributed by atoms with E-state index in [0.717, 1.165) is 0 Å². The predicted octanol–water partition coefficient (Wildman–Crippen LogP) is 0.894. The summed E-state index contributed by atoms with van der Waals surface area (Å²) in [7, 11) is 0. The van der Waals surface area contributed by atoms with Gasteiger partial charge in [0.05, 0.1) is 30.7 Å². The third kappa shape index (κ3) is 11.8. The maximum Gasteiger partial charge on any atom is 0.321 e. The van der Waals surface area contributed by atoms with Crippen molar-refractivity contribution in [3.63, 3.8) is 0 Å². The van der Waals surface area contributed by atoms with E-state index in [-0.39, 0.29) is 19.8 Å². The molecule has 20 heavy (non-hydrogen) atoms. The maximum absolute atomic E-state index is 11.3. The molecule has 0 saturated heterocycles. The summed E-state index contributed by atoms with van der Waals surface area (Å²) >= 11 is 0. The topological polar surface area (TPSA) is 104 Å². The van der Waals surface area contributed by atoms with Gasteiger partial charge in [-0.05, 0) is 34.6 Å². The standard InChI is InChI=1S/C10H18O4.C2H6O2.C2H4/c1-9(2,3)7(12)14-8(13)10(4,5)6-11;3-1-2-4;1-2/h11H,6H2,1-5H3;3-4H,1-2H2;1-2H2. The van der Waals surface area contributed by atoms with Crippen molar-refractivity contribution in [2.75, 3.05) is 19.8 Å². The van der Waals surface area contributed by atoms with E-state index in [1.165, 1.54) is 13.8 Å². The van der Waals surface area contributed by atoms with Gasteiger partial charge in [0, 0.05) is 0 Å². The molecule has 0 aromatic rings. The van der Waals surface area contributed by atoms with Crippen LogP contribution in [0.5, 0.6) is 0 Å².